The van der Waals surface area contributed by atoms with Crippen molar-refractivity contribution in [3.8, 4) is 11.3 Å². The number of cyclic esters (lactones) is 1. The third-order valence-corrected chi connectivity index (χ3v) is 24.0. The van der Waals surface area contributed by atoms with Crippen LogP contribution in [0.5, 0.6) is 0 Å². The van der Waals surface area contributed by atoms with Gasteiger partial charge >= 0.3 is 5.97 Å². The van der Waals surface area contributed by atoms with Crippen molar-refractivity contribution in [2.24, 2.45) is 41.2 Å². The number of nitrogens with zero attached hydrogens (tertiary/aromatic N) is 10. The molecule has 2 bridgehead atoms. The molecule has 15 atom stereocenters. The molecule has 4 fully saturated rings. The van der Waals surface area contributed by atoms with Crippen molar-refractivity contribution in [2.75, 3.05) is 125 Å². The minimum Gasteiger partial charge on any atom is -0.459 e. The number of oxazole rings is 1. The van der Waals surface area contributed by atoms with E-state index >= 15 is 0 Å². The van der Waals surface area contributed by atoms with Gasteiger partial charge in [0, 0.05) is 102 Å². The molecule has 0 radical (unpaired) electrons. The van der Waals surface area contributed by atoms with Crippen molar-refractivity contribution in [2.45, 2.75) is 231 Å². The van der Waals surface area contributed by atoms with Gasteiger partial charge in [0.2, 0.25) is 11.7 Å². The molecule has 3 saturated heterocycles. The lowest BCUT2D eigenvalue weighted by molar-refractivity contribution is -0.265. The number of rotatable bonds is 35. The zero-order valence-electron chi connectivity index (χ0n) is 71.9. The largest absolute Gasteiger partial charge is 0.459 e. The Morgan fingerprint density at radius 1 is 0.744 bits per heavy atom. The van der Waals surface area contributed by atoms with Gasteiger partial charge in [-0.15, -0.1) is 5.10 Å². The van der Waals surface area contributed by atoms with Crippen LogP contribution in [0.15, 0.2) is 88.9 Å². The van der Waals surface area contributed by atoms with Gasteiger partial charge < -0.3 is 93.1 Å². The van der Waals surface area contributed by atoms with Gasteiger partial charge in [0.15, 0.2) is 17.0 Å². The van der Waals surface area contributed by atoms with E-state index in [2.05, 4.69) is 25.3 Å². The number of methoxy groups -OCH3 is 2. The van der Waals surface area contributed by atoms with E-state index < -0.39 is 95.4 Å². The first-order chi connectivity index (χ1) is 58.4. The number of hydrogen-bond acceptors (Lipinski definition) is 29. The van der Waals surface area contributed by atoms with Gasteiger partial charge in [-0.2, -0.15) is 10.1 Å². The van der Waals surface area contributed by atoms with Crippen LogP contribution >= 0.6 is 0 Å². The molecule has 7 N–H and O–H groups in total. The van der Waals surface area contributed by atoms with Crippen molar-refractivity contribution in [3.05, 3.63) is 90.2 Å². The minimum atomic E-state index is -2.49. The number of aliphatic hydroxyl groups excluding tert-OH is 2. The number of amides is 2. The second kappa shape index (κ2) is 48.3. The summed E-state index contributed by atoms with van der Waals surface area (Å²) in [6.07, 6.45) is 18.9. The highest BCUT2D eigenvalue weighted by Gasteiger charge is 2.53. The maximum atomic E-state index is 14.7. The highest BCUT2D eigenvalue weighted by Crippen LogP contribution is 2.39. The Labute approximate surface area is 709 Å². The van der Waals surface area contributed by atoms with E-state index in [0.29, 0.717) is 200 Å². The summed E-state index contributed by atoms with van der Waals surface area (Å²) in [6, 6.07) is 3.65. The van der Waals surface area contributed by atoms with E-state index in [4.69, 9.17) is 73.1 Å². The number of allylic oxidation sites excluding steroid dienone is 6. The number of ether oxygens (including phenoxy) is 11. The van der Waals surface area contributed by atoms with Crippen LogP contribution in [0.25, 0.3) is 33.4 Å². The monoisotopic (exact) mass is 1690 g/mol. The third kappa shape index (κ3) is 28.0. The minimum absolute atomic E-state index is 0.0266. The van der Waals surface area contributed by atoms with Crippen molar-refractivity contribution in [1.29, 1.82) is 0 Å². The molecule has 5 aromatic rings. The summed E-state index contributed by atoms with van der Waals surface area (Å²) in [7, 11) is 3.20. The van der Waals surface area contributed by atoms with E-state index in [-0.39, 0.29) is 67.3 Å². The van der Waals surface area contributed by atoms with Crippen molar-refractivity contribution < 1.29 is 101 Å². The lowest BCUT2D eigenvalue weighted by Crippen LogP contribution is -2.61. The first-order valence-corrected chi connectivity index (χ1v) is 43.4. The molecule has 1 saturated carbocycles. The lowest BCUT2D eigenvalue weighted by atomic mass is 9.80. The molecule has 0 unspecified atom stereocenters. The molecule has 4 aromatic heterocycles. The van der Waals surface area contributed by atoms with Crippen molar-refractivity contribution >= 4 is 63.3 Å². The summed E-state index contributed by atoms with van der Waals surface area (Å²) >= 11 is 0. The fourth-order valence-corrected chi connectivity index (χ4v) is 16.7. The number of esters is 1. The van der Waals surface area contributed by atoms with Gasteiger partial charge in [-0.3, -0.25) is 24.0 Å². The number of aromatic nitrogens is 8. The fraction of sp³-hybridized carbons (Fsp3) is 0.682. The molecule has 33 nitrogen and oxygen atoms in total. The molecule has 121 heavy (non-hydrogen) atoms. The van der Waals surface area contributed by atoms with E-state index in [0.717, 1.165) is 64.1 Å². The third-order valence-electron chi connectivity index (χ3n) is 24.0. The number of piperidine rings is 2. The average Bonchev–Trinajstić information content (AvgIpc) is 1.01. The Morgan fingerprint density at radius 2 is 1.45 bits per heavy atom. The average molecular weight is 1690 g/mol. The molecule has 33 heteroatoms. The SMILES string of the molecule is CO[C@H]1C[C@@H]2CC[C@@H](C)[C@@](O)(O2)C(=O)C(=O)N2CCCC[C@H]2C(=O)O[C@H]([C@H](N)C[C@@H]2CC[C@@H](OCCCCc3cn(CCOCCOCCOCCOCCOCCOCCC(=O)N4CCC(Cn5nc(-c6ccc7oc(N)nc7c6)c6cncnc65)CC4)nn3)[C@H](OC)C2)CC(=O)[C@H](C)/C=C(\C)[C@@H](O)[C@@H](O)C(=O)[C@H](C)C[C@H](C)/C=C/C=C/C=C/1C. The number of likely N-dealkylation sites (tertiary alicyclic amines) is 1. The number of hydrogen-bond donors (Lipinski definition) is 5. The number of benzene rings is 1. The van der Waals surface area contributed by atoms with Gasteiger partial charge in [-0.25, -0.2) is 24.1 Å². The first kappa shape index (κ1) is 95.2. The van der Waals surface area contributed by atoms with Crippen LogP contribution < -0.4 is 11.5 Å². The van der Waals surface area contributed by atoms with Crippen molar-refractivity contribution in [1.82, 2.24) is 49.5 Å². The number of unbranched alkanes of at least 4 members (excludes halogenated alkanes) is 1. The quantitative estimate of drug-likeness (QED) is 0.0112. The van der Waals surface area contributed by atoms with Crippen LogP contribution in [-0.4, -0.2) is 280 Å². The summed E-state index contributed by atoms with van der Waals surface area (Å²) < 4.78 is 74.0. The number of Topliss-reactive ketones (excluding diaryl/α,β-unsaturated/α-hetero) is 3. The molecule has 8 heterocycles. The number of carbonyl (C=O) groups is 6. The summed E-state index contributed by atoms with van der Waals surface area (Å²) in [6.45, 7) is 18.4. The zero-order chi connectivity index (χ0) is 86.4. The summed E-state index contributed by atoms with van der Waals surface area (Å²) in [5.41, 5.74) is 18.4. The van der Waals surface area contributed by atoms with Gasteiger partial charge in [-0.05, 0) is 157 Å². The van der Waals surface area contributed by atoms with Gasteiger partial charge in [0.25, 0.3) is 17.7 Å². The molecule has 4 aliphatic heterocycles. The Kier molecular flexibility index (Phi) is 38.0. The highest BCUT2D eigenvalue weighted by atomic mass is 16.6. The van der Waals surface area contributed by atoms with E-state index in [9.17, 15) is 44.1 Å². The number of carbonyl (C=O) groups excluding carboxylic acids is 6. The number of fused-ring (bicyclic) bond motifs is 5. The number of aliphatic hydroxyl groups is 3. The van der Waals surface area contributed by atoms with Crippen LogP contribution in [0, 0.1) is 35.5 Å². The molecule has 10 rings (SSSR count). The van der Waals surface area contributed by atoms with Crippen LogP contribution in [0.3, 0.4) is 0 Å². The Balaban J connectivity index is 0.570. The zero-order valence-corrected chi connectivity index (χ0v) is 71.9. The summed E-state index contributed by atoms with van der Waals surface area (Å²) in [5.74, 6) is -8.47. The highest BCUT2D eigenvalue weighted by molar-refractivity contribution is 6.39. The van der Waals surface area contributed by atoms with Crippen molar-refractivity contribution in [3.63, 3.8) is 0 Å². The molecule has 1 aromatic carbocycles. The van der Waals surface area contributed by atoms with Gasteiger partial charge in [0.05, 0.1) is 128 Å². The second-order valence-corrected chi connectivity index (χ2v) is 33.1. The molecule has 5 aliphatic rings. The first-order valence-electron chi connectivity index (χ1n) is 43.4. The van der Waals surface area contributed by atoms with E-state index in [1.807, 2.05) is 78.2 Å². The van der Waals surface area contributed by atoms with E-state index in [1.165, 1.54) is 19.3 Å². The Hall–Kier alpha value is -8.00. The maximum Gasteiger partial charge on any atom is 0.329 e. The second-order valence-electron chi connectivity index (χ2n) is 33.1. The molecular weight excluding hydrogens is 1560 g/mol. The van der Waals surface area contributed by atoms with Crippen LogP contribution in [0.1, 0.15) is 156 Å². The molecule has 2 amide bonds. The number of ketones is 3. The van der Waals surface area contributed by atoms with Crippen LogP contribution in [-0.2, 0) is 100 Å². The molecule has 0 spiro atoms. The Morgan fingerprint density at radius 3 is 2.17 bits per heavy atom. The topological polar surface area (TPSA) is 423 Å². The Bertz CT molecular complexity index is 4230. The standard InChI is InChI=1S/C88H130N12O21/c1-57-16-10-9-11-17-58(2)75(110-7)51-67-23-20-62(6)88(109,121-67)83(106)85(107)99-29-14-12-19-71(99)86(108)119-76(52-72(101)59(3)47-61(5)81(104)82(105)80(103)60(4)46-57)69(89)48-64-21-24-74(77(49-64)111-8)118-33-15-13-18-66-55-98(96-94-66)32-35-113-37-39-115-41-43-117-45-44-116-42-40-114-38-36-112-34-28-78(102)97-30-26-63(27-31-97)54-100-84-68(53-91-56-92-84)79(95-100)65-22-25-73-70(50-65)93-87(90)120-73/h9-11,16-17,22,25,47,50,53,55-57,59-60,62-64,67,69,71,74-77,81-82,104-105,109H,12-15,18-21,23-24,26-46,48-49,51-52,54,89H2,1-8H3,(H2,90,93)/b11-9+,16-10+,58-17+,61-47+/t57-,59-,60-,62-,64+,67+,69-,71+,74-,75+,76+,77-,81-,82+,88-/m1/s1. The maximum absolute atomic E-state index is 14.7. The number of nitrogen functional groups attached to an aromatic ring is 1. The van der Waals surface area contributed by atoms with Gasteiger partial charge in [0.1, 0.15) is 47.7 Å². The molecule has 668 valence electrons. The fourth-order valence-electron chi connectivity index (χ4n) is 16.7. The number of aryl methyl sites for hydroxylation is 1. The summed E-state index contributed by atoms with van der Waals surface area (Å²) in [5, 5.41) is 49.1. The lowest BCUT2D eigenvalue weighted by Gasteiger charge is -2.42. The molecule has 1 aliphatic carbocycles. The normalized spacial score (nSPS) is 28.2. The summed E-state index contributed by atoms with van der Waals surface area (Å²) in [4.78, 5) is 101. The molecular formula is C88H130N12O21. The predicted molar refractivity (Wildman–Crippen MR) is 447 cm³/mol. The smallest absolute Gasteiger partial charge is 0.329 e. The van der Waals surface area contributed by atoms with Crippen LogP contribution in [0.2, 0.25) is 0 Å². The van der Waals surface area contributed by atoms with E-state index in [1.54, 1.807) is 45.9 Å². The van der Waals surface area contributed by atoms with Crippen LogP contribution in [0.4, 0.5) is 6.01 Å². The number of anilines is 1. The number of nitrogens with two attached hydrogens (primary N) is 2. The predicted octanol–water partition coefficient (Wildman–Crippen LogP) is 7.82. The van der Waals surface area contributed by atoms with Gasteiger partial charge in [-0.1, -0.05) is 69.4 Å².